The van der Waals surface area contributed by atoms with Gasteiger partial charge in [-0.2, -0.15) is 0 Å². The van der Waals surface area contributed by atoms with Crippen molar-refractivity contribution in [3.63, 3.8) is 0 Å². The van der Waals surface area contributed by atoms with E-state index in [0.717, 1.165) is 0 Å². The van der Waals surface area contributed by atoms with Crippen LogP contribution in [0.2, 0.25) is 0 Å². The van der Waals surface area contributed by atoms with Crippen LogP contribution in [0.3, 0.4) is 0 Å². The first-order chi connectivity index (χ1) is 8.94. The third-order valence-corrected chi connectivity index (χ3v) is 4.16. The Morgan fingerprint density at radius 2 is 2.05 bits per heavy atom. The van der Waals surface area contributed by atoms with E-state index in [1.807, 2.05) is 0 Å². The molecule has 0 unspecified atom stereocenters. The van der Waals surface area contributed by atoms with E-state index in [2.05, 4.69) is 5.32 Å². The van der Waals surface area contributed by atoms with Gasteiger partial charge in [0.05, 0.1) is 11.4 Å². The fourth-order valence-corrected chi connectivity index (χ4v) is 2.00. The van der Waals surface area contributed by atoms with Gasteiger partial charge in [-0.3, -0.25) is 4.79 Å². The van der Waals surface area contributed by atoms with Crippen molar-refractivity contribution in [2.24, 2.45) is 0 Å². The summed E-state index contributed by atoms with van der Waals surface area (Å²) in [6, 6.07) is 6.83. The molecule has 1 amide bonds. The zero-order chi connectivity index (χ0) is 14.3. The second-order valence-electron chi connectivity index (χ2n) is 3.91. The summed E-state index contributed by atoms with van der Waals surface area (Å²) in [6.45, 7) is 1.46. The molecule has 19 heavy (non-hydrogen) atoms. The van der Waals surface area contributed by atoms with Gasteiger partial charge in [-0.25, -0.2) is 8.42 Å². The Morgan fingerprint density at radius 3 is 2.68 bits per heavy atom. The number of carbonyl (C=O) groups is 1. The number of carbonyl (C=O) groups excluding carboxylic acids is 1. The number of rotatable bonds is 7. The van der Waals surface area contributed by atoms with Crippen LogP contribution in [0.15, 0.2) is 24.3 Å². The lowest BCUT2D eigenvalue weighted by atomic mass is 10.3. The predicted molar refractivity (Wildman–Crippen MR) is 73.7 cm³/mol. The average molecular weight is 286 g/mol. The first-order valence-corrected chi connectivity index (χ1v) is 7.71. The fourth-order valence-electron chi connectivity index (χ4n) is 1.30. The van der Waals surface area contributed by atoms with Crippen molar-refractivity contribution in [1.82, 2.24) is 5.32 Å². The minimum atomic E-state index is -3.06. The Kier molecular flexibility index (Phi) is 5.62. The molecular weight excluding hydrogens is 268 g/mol. The topological polar surface area (TPSA) is 98.5 Å². The molecule has 0 atom stereocenters. The van der Waals surface area contributed by atoms with Crippen molar-refractivity contribution in [1.29, 1.82) is 0 Å². The summed E-state index contributed by atoms with van der Waals surface area (Å²) in [5.41, 5.74) is 6.09. The molecule has 1 aromatic rings. The Labute approximate surface area is 112 Å². The normalized spacial score (nSPS) is 11.0. The van der Waals surface area contributed by atoms with Crippen LogP contribution in [0, 0.1) is 0 Å². The lowest BCUT2D eigenvalue weighted by Crippen LogP contribution is -2.33. The number of hydrogen-bond acceptors (Lipinski definition) is 5. The van der Waals surface area contributed by atoms with E-state index in [1.54, 1.807) is 31.2 Å². The second kappa shape index (κ2) is 6.98. The molecule has 0 aliphatic heterocycles. The van der Waals surface area contributed by atoms with Gasteiger partial charge < -0.3 is 15.8 Å². The first-order valence-electron chi connectivity index (χ1n) is 5.89. The van der Waals surface area contributed by atoms with E-state index in [0.29, 0.717) is 11.4 Å². The summed E-state index contributed by atoms with van der Waals surface area (Å²) in [4.78, 5) is 11.4. The number of anilines is 1. The molecule has 0 bridgehead atoms. The summed E-state index contributed by atoms with van der Waals surface area (Å²) in [5, 5.41) is 2.48. The highest BCUT2D eigenvalue weighted by Crippen LogP contribution is 2.19. The standard InChI is InChI=1S/C12H18N2O4S/c1-2-19(16,17)8-7-14-12(15)9-18-11-6-4-3-5-10(11)13/h3-6H,2,7-9,13H2,1H3,(H,14,15). The van der Waals surface area contributed by atoms with Gasteiger partial charge in [0.2, 0.25) is 0 Å². The zero-order valence-electron chi connectivity index (χ0n) is 10.8. The maximum Gasteiger partial charge on any atom is 0.257 e. The number of sulfone groups is 1. The number of para-hydroxylation sites is 2. The maximum atomic E-state index is 11.4. The molecule has 0 aliphatic carbocycles. The highest BCUT2D eigenvalue weighted by Gasteiger charge is 2.09. The summed E-state index contributed by atoms with van der Waals surface area (Å²) in [7, 11) is -3.06. The Balaban J connectivity index is 2.31. The van der Waals surface area contributed by atoms with Gasteiger partial charge >= 0.3 is 0 Å². The summed E-state index contributed by atoms with van der Waals surface area (Å²) >= 11 is 0. The van der Waals surface area contributed by atoms with Crippen molar-refractivity contribution >= 4 is 21.4 Å². The van der Waals surface area contributed by atoms with Gasteiger partial charge in [0, 0.05) is 12.3 Å². The molecule has 0 saturated heterocycles. The van der Waals surface area contributed by atoms with Gasteiger partial charge in [-0.05, 0) is 12.1 Å². The second-order valence-corrected chi connectivity index (χ2v) is 6.39. The van der Waals surface area contributed by atoms with E-state index >= 15 is 0 Å². The van der Waals surface area contributed by atoms with Crippen molar-refractivity contribution in [2.45, 2.75) is 6.92 Å². The molecule has 3 N–H and O–H groups in total. The van der Waals surface area contributed by atoms with Gasteiger partial charge in [0.1, 0.15) is 5.75 Å². The molecule has 6 nitrogen and oxygen atoms in total. The molecule has 0 heterocycles. The van der Waals surface area contributed by atoms with Crippen molar-refractivity contribution < 1.29 is 17.9 Å². The van der Waals surface area contributed by atoms with Gasteiger partial charge in [-0.1, -0.05) is 19.1 Å². The minimum absolute atomic E-state index is 0.0668. The number of nitrogens with one attached hydrogen (secondary N) is 1. The predicted octanol–water partition coefficient (Wildman–Crippen LogP) is 0.199. The molecule has 0 fully saturated rings. The van der Waals surface area contributed by atoms with Crippen molar-refractivity contribution in [3.8, 4) is 5.75 Å². The minimum Gasteiger partial charge on any atom is -0.482 e. The number of hydrogen-bond donors (Lipinski definition) is 2. The van der Waals surface area contributed by atoms with E-state index < -0.39 is 9.84 Å². The highest BCUT2D eigenvalue weighted by molar-refractivity contribution is 7.91. The Hall–Kier alpha value is -1.76. The van der Waals surface area contributed by atoms with Gasteiger partial charge in [0.25, 0.3) is 5.91 Å². The van der Waals surface area contributed by atoms with E-state index in [1.165, 1.54) is 0 Å². The Morgan fingerprint density at radius 1 is 1.37 bits per heavy atom. The highest BCUT2D eigenvalue weighted by atomic mass is 32.2. The molecule has 0 radical (unpaired) electrons. The van der Waals surface area contributed by atoms with Gasteiger partial charge in [-0.15, -0.1) is 0 Å². The molecule has 1 aromatic carbocycles. The number of benzene rings is 1. The lowest BCUT2D eigenvalue weighted by molar-refractivity contribution is -0.122. The SMILES string of the molecule is CCS(=O)(=O)CCNC(=O)COc1ccccc1N. The van der Waals surface area contributed by atoms with Crippen molar-refractivity contribution in [2.75, 3.05) is 30.4 Å². The molecular formula is C12H18N2O4S. The quantitative estimate of drug-likeness (QED) is 0.698. The molecule has 0 saturated carbocycles. The third kappa shape index (κ3) is 5.60. The number of amides is 1. The van der Waals surface area contributed by atoms with E-state index in [-0.39, 0.29) is 30.6 Å². The first kappa shape index (κ1) is 15.3. The monoisotopic (exact) mass is 286 g/mol. The van der Waals surface area contributed by atoms with Gasteiger partial charge in [0.15, 0.2) is 16.4 Å². The van der Waals surface area contributed by atoms with Crippen LogP contribution >= 0.6 is 0 Å². The number of nitrogens with two attached hydrogens (primary N) is 1. The van der Waals surface area contributed by atoms with Crippen LogP contribution in [0.4, 0.5) is 5.69 Å². The number of ether oxygens (including phenoxy) is 1. The van der Waals surface area contributed by atoms with Crippen LogP contribution in [-0.2, 0) is 14.6 Å². The lowest BCUT2D eigenvalue weighted by Gasteiger charge is -2.09. The van der Waals surface area contributed by atoms with Crippen LogP contribution in [0.5, 0.6) is 5.75 Å². The smallest absolute Gasteiger partial charge is 0.257 e. The van der Waals surface area contributed by atoms with Crippen LogP contribution in [-0.4, -0.2) is 39.0 Å². The fraction of sp³-hybridized carbons (Fsp3) is 0.417. The molecule has 0 aliphatic rings. The molecule has 1 rings (SSSR count). The zero-order valence-corrected chi connectivity index (χ0v) is 11.6. The van der Waals surface area contributed by atoms with Crippen molar-refractivity contribution in [3.05, 3.63) is 24.3 Å². The summed E-state index contributed by atoms with van der Waals surface area (Å²) in [5.74, 6) is 0.0520. The molecule has 106 valence electrons. The largest absolute Gasteiger partial charge is 0.482 e. The Bertz CT molecular complexity index is 528. The number of nitrogen functional groups attached to an aromatic ring is 1. The van der Waals surface area contributed by atoms with E-state index in [4.69, 9.17) is 10.5 Å². The van der Waals surface area contributed by atoms with Crippen LogP contribution in [0.25, 0.3) is 0 Å². The summed E-state index contributed by atoms with van der Waals surface area (Å²) in [6.07, 6.45) is 0. The van der Waals surface area contributed by atoms with Crippen LogP contribution < -0.4 is 15.8 Å². The third-order valence-electron chi connectivity index (χ3n) is 2.45. The average Bonchev–Trinajstić information content (AvgIpc) is 2.37. The maximum absolute atomic E-state index is 11.4. The van der Waals surface area contributed by atoms with E-state index in [9.17, 15) is 13.2 Å². The molecule has 0 aromatic heterocycles. The summed E-state index contributed by atoms with van der Waals surface area (Å²) < 4.78 is 27.6. The van der Waals surface area contributed by atoms with Crippen LogP contribution in [0.1, 0.15) is 6.92 Å². The molecule has 7 heteroatoms. The molecule has 0 spiro atoms.